The maximum absolute atomic E-state index is 9.83. The number of methoxy groups -OCH3 is 2. The molecular weight excluding hydrogens is 352 g/mol. The van der Waals surface area contributed by atoms with Gasteiger partial charge < -0.3 is 19.7 Å². The molecule has 0 atom stereocenters. The molecule has 3 aliphatic carbocycles. The third-order valence-electron chi connectivity index (χ3n) is 6.17. The number of hydrogen-bond acceptors (Lipinski definition) is 4. The van der Waals surface area contributed by atoms with Gasteiger partial charge in [-0.25, -0.2) is 0 Å². The predicted octanol–water partition coefficient (Wildman–Crippen LogP) is 3.68. The van der Waals surface area contributed by atoms with Crippen molar-refractivity contribution < 1.29 is 19.7 Å². The Labute approximate surface area is 164 Å². The lowest BCUT2D eigenvalue weighted by Gasteiger charge is -2.43. The molecule has 0 saturated carbocycles. The van der Waals surface area contributed by atoms with Crippen LogP contribution in [0.5, 0.6) is 11.5 Å². The fourth-order valence-corrected chi connectivity index (χ4v) is 4.99. The largest absolute Gasteiger partial charge is 0.496 e. The van der Waals surface area contributed by atoms with E-state index in [1.165, 1.54) is 33.4 Å². The SMILES string of the molecule is COc1cc2c(cc1CO)C1c3ccccc3C2c2cc(OC)c(CO)cc21. The second kappa shape index (κ2) is 6.36. The van der Waals surface area contributed by atoms with Gasteiger partial charge in [0.25, 0.3) is 0 Å². The lowest BCUT2D eigenvalue weighted by Crippen LogP contribution is -2.28. The molecule has 142 valence electrons. The molecule has 0 aromatic heterocycles. The summed E-state index contributed by atoms with van der Waals surface area (Å²) in [5, 5.41) is 19.7. The molecule has 3 aliphatic rings. The number of aliphatic hydroxyl groups is 2. The van der Waals surface area contributed by atoms with E-state index in [2.05, 4.69) is 48.5 Å². The average Bonchev–Trinajstić information content (AvgIpc) is 2.76. The van der Waals surface area contributed by atoms with E-state index in [-0.39, 0.29) is 25.0 Å². The zero-order valence-corrected chi connectivity index (χ0v) is 15.9. The molecule has 2 N–H and O–H groups in total. The van der Waals surface area contributed by atoms with Gasteiger partial charge >= 0.3 is 0 Å². The molecule has 0 amide bonds. The van der Waals surface area contributed by atoms with Crippen molar-refractivity contribution in [2.24, 2.45) is 0 Å². The Hall–Kier alpha value is -2.82. The van der Waals surface area contributed by atoms with Crippen LogP contribution in [0.4, 0.5) is 0 Å². The Morgan fingerprint density at radius 1 is 0.643 bits per heavy atom. The van der Waals surface area contributed by atoms with Crippen molar-refractivity contribution in [1.82, 2.24) is 0 Å². The highest BCUT2D eigenvalue weighted by molar-refractivity contribution is 5.70. The van der Waals surface area contributed by atoms with Crippen molar-refractivity contribution in [2.45, 2.75) is 25.0 Å². The van der Waals surface area contributed by atoms with Crippen molar-refractivity contribution in [1.29, 1.82) is 0 Å². The van der Waals surface area contributed by atoms with Crippen LogP contribution in [0.15, 0.2) is 48.5 Å². The molecule has 0 radical (unpaired) electrons. The summed E-state index contributed by atoms with van der Waals surface area (Å²) >= 11 is 0. The van der Waals surface area contributed by atoms with Gasteiger partial charge in [-0.2, -0.15) is 0 Å². The monoisotopic (exact) mass is 374 g/mol. The van der Waals surface area contributed by atoms with Gasteiger partial charge in [-0.3, -0.25) is 0 Å². The summed E-state index contributed by atoms with van der Waals surface area (Å²) < 4.78 is 11.1. The van der Waals surface area contributed by atoms with Gasteiger partial charge in [-0.15, -0.1) is 0 Å². The molecule has 0 saturated heterocycles. The minimum Gasteiger partial charge on any atom is -0.496 e. The van der Waals surface area contributed by atoms with Crippen LogP contribution in [0, 0.1) is 0 Å². The molecule has 0 spiro atoms. The van der Waals surface area contributed by atoms with Crippen molar-refractivity contribution >= 4 is 0 Å². The molecule has 0 heterocycles. The van der Waals surface area contributed by atoms with E-state index < -0.39 is 0 Å². The number of hydrogen-bond donors (Lipinski definition) is 2. The van der Waals surface area contributed by atoms with Crippen LogP contribution in [-0.2, 0) is 13.2 Å². The highest BCUT2D eigenvalue weighted by atomic mass is 16.5. The quantitative estimate of drug-likeness (QED) is 0.504. The second-order valence-electron chi connectivity index (χ2n) is 7.40. The Morgan fingerprint density at radius 3 is 1.39 bits per heavy atom. The molecule has 4 nitrogen and oxygen atoms in total. The third kappa shape index (κ3) is 2.19. The van der Waals surface area contributed by atoms with E-state index in [1.54, 1.807) is 14.2 Å². The van der Waals surface area contributed by atoms with Gasteiger partial charge in [0.15, 0.2) is 0 Å². The van der Waals surface area contributed by atoms with Gasteiger partial charge in [0.2, 0.25) is 0 Å². The van der Waals surface area contributed by atoms with Crippen LogP contribution >= 0.6 is 0 Å². The minimum absolute atomic E-state index is 0.0627. The summed E-state index contributed by atoms with van der Waals surface area (Å²) in [5.41, 5.74) is 9.01. The van der Waals surface area contributed by atoms with E-state index in [0.29, 0.717) is 11.5 Å². The van der Waals surface area contributed by atoms with Crippen molar-refractivity contribution in [3.8, 4) is 11.5 Å². The molecule has 3 aromatic carbocycles. The summed E-state index contributed by atoms with van der Waals surface area (Å²) in [4.78, 5) is 0. The van der Waals surface area contributed by atoms with Gasteiger partial charge in [-0.1, -0.05) is 24.3 Å². The standard InChI is InChI=1S/C24H22O4/c1-27-21-9-19-17(7-13(21)11-25)23-15-5-3-4-6-16(15)24(19)20-10-22(28-2)14(12-26)8-18(20)23/h3-10,23-26H,11-12H2,1-2H3. The van der Waals surface area contributed by atoms with Crippen LogP contribution in [-0.4, -0.2) is 24.4 Å². The molecule has 4 heteroatoms. The number of aliphatic hydroxyl groups excluding tert-OH is 2. The highest BCUT2D eigenvalue weighted by Crippen LogP contribution is 2.57. The number of benzene rings is 3. The summed E-state index contributed by atoms with van der Waals surface area (Å²) in [7, 11) is 3.28. The molecule has 0 unspecified atom stereocenters. The Kier molecular flexibility index (Phi) is 3.93. The zero-order valence-electron chi connectivity index (χ0n) is 15.9. The topological polar surface area (TPSA) is 58.9 Å². The maximum atomic E-state index is 9.83. The first-order valence-corrected chi connectivity index (χ1v) is 9.43. The molecular formula is C24H22O4. The minimum atomic E-state index is -0.0627. The summed E-state index contributed by atoms with van der Waals surface area (Å²) in [6.45, 7) is -0.125. The van der Waals surface area contributed by atoms with Gasteiger partial charge in [0.05, 0.1) is 27.4 Å². The highest BCUT2D eigenvalue weighted by Gasteiger charge is 2.42. The van der Waals surface area contributed by atoms with E-state index in [1.807, 2.05) is 0 Å². The smallest absolute Gasteiger partial charge is 0.124 e. The van der Waals surface area contributed by atoms with Crippen LogP contribution in [0.3, 0.4) is 0 Å². The normalized spacial score (nSPS) is 18.3. The van der Waals surface area contributed by atoms with Crippen molar-refractivity contribution in [3.05, 3.63) is 93.0 Å². The van der Waals surface area contributed by atoms with E-state index in [9.17, 15) is 10.2 Å². The predicted molar refractivity (Wildman–Crippen MR) is 106 cm³/mol. The first-order valence-electron chi connectivity index (χ1n) is 9.43. The van der Waals surface area contributed by atoms with E-state index in [4.69, 9.17) is 9.47 Å². The van der Waals surface area contributed by atoms with Crippen LogP contribution < -0.4 is 9.47 Å². The average molecular weight is 374 g/mol. The lowest BCUT2D eigenvalue weighted by molar-refractivity contribution is 0.273. The van der Waals surface area contributed by atoms with Crippen molar-refractivity contribution in [3.63, 3.8) is 0 Å². The van der Waals surface area contributed by atoms with Gasteiger partial charge in [-0.05, 0) is 57.6 Å². The Bertz CT molecular complexity index is 938. The summed E-state index contributed by atoms with van der Waals surface area (Å²) in [5.74, 6) is 1.58. The van der Waals surface area contributed by atoms with E-state index in [0.717, 1.165) is 11.1 Å². The molecule has 3 aromatic rings. The first-order chi connectivity index (χ1) is 13.7. The van der Waals surface area contributed by atoms with E-state index >= 15 is 0 Å². The molecule has 6 rings (SSSR count). The Morgan fingerprint density at radius 2 is 1.04 bits per heavy atom. The summed E-state index contributed by atoms with van der Waals surface area (Å²) in [6, 6.07) is 16.8. The molecule has 2 bridgehead atoms. The van der Waals surface area contributed by atoms with Crippen LogP contribution in [0.2, 0.25) is 0 Å². The number of ether oxygens (including phenoxy) is 2. The fourth-order valence-electron chi connectivity index (χ4n) is 4.99. The molecule has 28 heavy (non-hydrogen) atoms. The Balaban J connectivity index is 1.84. The third-order valence-corrected chi connectivity index (χ3v) is 6.17. The maximum Gasteiger partial charge on any atom is 0.124 e. The lowest BCUT2D eigenvalue weighted by atomic mass is 9.60. The second-order valence-corrected chi connectivity index (χ2v) is 7.40. The molecule has 0 fully saturated rings. The number of rotatable bonds is 4. The van der Waals surface area contributed by atoms with Crippen LogP contribution in [0.1, 0.15) is 56.3 Å². The zero-order chi connectivity index (χ0) is 19.4. The van der Waals surface area contributed by atoms with Gasteiger partial charge in [0, 0.05) is 23.0 Å². The van der Waals surface area contributed by atoms with Crippen molar-refractivity contribution in [2.75, 3.05) is 14.2 Å². The fraction of sp³-hybridized carbons (Fsp3) is 0.250. The molecule has 0 aliphatic heterocycles. The van der Waals surface area contributed by atoms with Gasteiger partial charge in [0.1, 0.15) is 11.5 Å². The first kappa shape index (κ1) is 17.3. The summed E-state index contributed by atoms with van der Waals surface area (Å²) in [6.07, 6.45) is 0. The van der Waals surface area contributed by atoms with Crippen LogP contribution in [0.25, 0.3) is 0 Å².